The van der Waals surface area contributed by atoms with Crippen LogP contribution in [-0.2, 0) is 4.79 Å². The van der Waals surface area contributed by atoms with Crippen LogP contribution in [0.1, 0.15) is 26.7 Å². The van der Waals surface area contributed by atoms with E-state index >= 15 is 0 Å². The van der Waals surface area contributed by atoms with Gasteiger partial charge >= 0.3 is 0 Å². The summed E-state index contributed by atoms with van der Waals surface area (Å²) in [6, 6.07) is 1.42. The van der Waals surface area contributed by atoms with Gasteiger partial charge in [0, 0.05) is 11.8 Å². The summed E-state index contributed by atoms with van der Waals surface area (Å²) >= 11 is 0. The van der Waals surface area contributed by atoms with E-state index in [2.05, 4.69) is 43.7 Å². The number of nitrogens with two attached hydrogens (primary N) is 1. The molecule has 0 aromatic carbocycles. The van der Waals surface area contributed by atoms with Crippen LogP contribution in [0.25, 0.3) is 0 Å². The third-order valence-electron chi connectivity index (χ3n) is 4.33. The Hall–Kier alpha value is -3.40. The molecule has 1 aromatic rings. The van der Waals surface area contributed by atoms with E-state index in [1.807, 2.05) is 6.92 Å². The highest BCUT2D eigenvalue weighted by Crippen LogP contribution is 2.34. The van der Waals surface area contributed by atoms with Crippen molar-refractivity contribution in [2.45, 2.75) is 39.0 Å². The number of hydrogen-bond donors (Lipinski definition) is 4. The van der Waals surface area contributed by atoms with Gasteiger partial charge in [0.1, 0.15) is 18.3 Å². The molecule has 0 spiro atoms. The molecule has 2 rings (SSSR count). The molecule has 30 heavy (non-hydrogen) atoms. The number of allylic oxidation sites excluding steroid dienone is 1. The van der Waals surface area contributed by atoms with E-state index in [9.17, 15) is 14.3 Å². The summed E-state index contributed by atoms with van der Waals surface area (Å²) in [5.41, 5.74) is 7.13. The van der Waals surface area contributed by atoms with Crippen molar-refractivity contribution in [3.63, 3.8) is 0 Å². The topological polar surface area (TPSA) is 138 Å². The Morgan fingerprint density at radius 1 is 1.50 bits per heavy atom. The number of aliphatic imine (C=N–C) groups is 2. The molecule has 0 saturated heterocycles. The Kier molecular flexibility index (Phi) is 7.93. The average Bonchev–Trinajstić information content (AvgIpc) is 3.44. The maximum atomic E-state index is 13.0. The SMILES string of the molecule is C=C(NC(=Nc1cc(NC(=O)C2CC2F)ncn1)/N=C\N)/C(C)=C\C(=C)C(O)CC. The molecule has 9 nitrogen and oxygen atoms in total. The van der Waals surface area contributed by atoms with Gasteiger partial charge in [0.05, 0.1) is 18.4 Å². The van der Waals surface area contributed by atoms with E-state index < -0.39 is 24.1 Å². The third-order valence-corrected chi connectivity index (χ3v) is 4.33. The first kappa shape index (κ1) is 22.9. The van der Waals surface area contributed by atoms with Gasteiger partial charge in [-0.05, 0) is 30.9 Å². The molecule has 1 heterocycles. The fraction of sp³-hybridized carbons (Fsp3) is 0.350. The lowest BCUT2D eigenvalue weighted by molar-refractivity contribution is -0.117. The van der Waals surface area contributed by atoms with Crippen LogP contribution in [-0.4, -0.2) is 45.6 Å². The van der Waals surface area contributed by atoms with Crippen molar-refractivity contribution in [2.24, 2.45) is 21.6 Å². The van der Waals surface area contributed by atoms with E-state index in [0.29, 0.717) is 23.3 Å². The lowest BCUT2D eigenvalue weighted by Crippen LogP contribution is -2.22. The van der Waals surface area contributed by atoms with Crippen LogP contribution in [0, 0.1) is 5.92 Å². The molecule has 3 atom stereocenters. The highest BCUT2D eigenvalue weighted by molar-refractivity contribution is 5.94. The molecule has 3 unspecified atom stereocenters. The second-order valence-corrected chi connectivity index (χ2v) is 6.75. The monoisotopic (exact) mass is 415 g/mol. The number of alkyl halides is 1. The van der Waals surface area contributed by atoms with Crippen LogP contribution >= 0.6 is 0 Å². The number of anilines is 1. The largest absolute Gasteiger partial charge is 0.390 e. The minimum Gasteiger partial charge on any atom is -0.390 e. The second-order valence-electron chi connectivity index (χ2n) is 6.75. The summed E-state index contributed by atoms with van der Waals surface area (Å²) in [4.78, 5) is 28.0. The van der Waals surface area contributed by atoms with Crippen LogP contribution in [0.15, 0.2) is 58.5 Å². The molecular weight excluding hydrogens is 389 g/mol. The first-order valence-electron chi connectivity index (χ1n) is 9.36. The number of hydrogen-bond acceptors (Lipinski definition) is 5. The van der Waals surface area contributed by atoms with Gasteiger partial charge in [-0.15, -0.1) is 0 Å². The molecule has 0 bridgehead atoms. The molecule has 1 amide bonds. The van der Waals surface area contributed by atoms with E-state index in [-0.39, 0.29) is 24.0 Å². The number of nitrogens with zero attached hydrogens (tertiary/aromatic N) is 4. The van der Waals surface area contributed by atoms with Gasteiger partial charge in [0.2, 0.25) is 11.9 Å². The van der Waals surface area contributed by atoms with E-state index in [4.69, 9.17) is 5.73 Å². The van der Waals surface area contributed by atoms with Crippen molar-refractivity contribution in [3.05, 3.63) is 48.5 Å². The molecular formula is C20H26FN7O2. The number of halogens is 1. The van der Waals surface area contributed by atoms with Crippen molar-refractivity contribution < 1.29 is 14.3 Å². The van der Waals surface area contributed by atoms with E-state index in [1.54, 1.807) is 13.0 Å². The van der Waals surface area contributed by atoms with Crippen molar-refractivity contribution in [2.75, 3.05) is 5.32 Å². The summed E-state index contributed by atoms with van der Waals surface area (Å²) in [6.07, 6.45) is 3.01. The molecule has 160 valence electrons. The number of carbonyl (C=O) groups is 1. The maximum absolute atomic E-state index is 13.0. The van der Waals surface area contributed by atoms with E-state index in [1.165, 1.54) is 12.4 Å². The number of aliphatic hydroxyl groups excluding tert-OH is 1. The number of carbonyl (C=O) groups excluding carboxylic acids is 1. The Morgan fingerprint density at radius 3 is 2.80 bits per heavy atom. The van der Waals surface area contributed by atoms with Gasteiger partial charge in [-0.1, -0.05) is 26.2 Å². The van der Waals surface area contributed by atoms with Crippen molar-refractivity contribution in [1.82, 2.24) is 15.3 Å². The zero-order chi connectivity index (χ0) is 22.3. The van der Waals surface area contributed by atoms with Gasteiger partial charge in [0.25, 0.3) is 0 Å². The van der Waals surface area contributed by atoms with Gasteiger partial charge in [-0.25, -0.2) is 19.4 Å². The van der Waals surface area contributed by atoms with Crippen molar-refractivity contribution in [3.8, 4) is 0 Å². The standard InChI is InChI=1S/C20H26FN7O2/c1-5-16(29)12(3)6-11(2)13(4)26-20(23-9-22)28-18-8-17(24-10-25-18)27-19(30)14-7-15(14)21/h6,8-10,14-16,29H,3-5,7H2,1-2H3,(H4,22,23,24,25,26,27,28,30)/b11-6-. The third kappa shape index (κ3) is 6.59. The Morgan fingerprint density at radius 2 is 2.20 bits per heavy atom. The van der Waals surface area contributed by atoms with Gasteiger partial charge in [-0.3, -0.25) is 4.79 Å². The summed E-state index contributed by atoms with van der Waals surface area (Å²) in [7, 11) is 0. The number of aromatic nitrogens is 2. The maximum Gasteiger partial charge on any atom is 0.231 e. The summed E-state index contributed by atoms with van der Waals surface area (Å²) in [6.45, 7) is 11.4. The summed E-state index contributed by atoms with van der Waals surface area (Å²) in [5, 5.41) is 15.3. The fourth-order valence-electron chi connectivity index (χ4n) is 2.36. The quantitative estimate of drug-likeness (QED) is 0.291. The highest BCUT2D eigenvalue weighted by Gasteiger charge is 2.43. The van der Waals surface area contributed by atoms with Crippen LogP contribution in [0.4, 0.5) is 16.0 Å². The fourth-order valence-corrected chi connectivity index (χ4v) is 2.36. The zero-order valence-electron chi connectivity index (χ0n) is 17.0. The normalized spacial score (nSPS) is 20.0. The molecule has 1 aromatic heterocycles. The summed E-state index contributed by atoms with van der Waals surface area (Å²) in [5.74, 6) is -0.577. The molecule has 1 fully saturated rings. The number of rotatable bonds is 8. The Bertz CT molecular complexity index is 910. The highest BCUT2D eigenvalue weighted by atomic mass is 19.1. The van der Waals surface area contributed by atoms with Crippen LogP contribution < -0.4 is 16.4 Å². The van der Waals surface area contributed by atoms with Gasteiger partial charge in [-0.2, -0.15) is 4.99 Å². The molecule has 0 aliphatic heterocycles. The molecule has 10 heteroatoms. The minimum absolute atomic E-state index is 0.0962. The Balaban J connectivity index is 2.12. The number of nitrogens with one attached hydrogen (secondary N) is 2. The number of guanidine groups is 1. The first-order valence-corrected chi connectivity index (χ1v) is 9.36. The molecule has 5 N–H and O–H groups in total. The van der Waals surface area contributed by atoms with E-state index in [0.717, 1.165) is 6.34 Å². The van der Waals surface area contributed by atoms with Crippen molar-refractivity contribution in [1.29, 1.82) is 0 Å². The molecule has 0 radical (unpaired) electrons. The lowest BCUT2D eigenvalue weighted by atomic mass is 10.1. The van der Waals surface area contributed by atoms with Gasteiger partial charge in [0.15, 0.2) is 5.82 Å². The van der Waals surface area contributed by atoms with Crippen molar-refractivity contribution >= 4 is 29.8 Å². The smallest absolute Gasteiger partial charge is 0.231 e. The molecule has 1 saturated carbocycles. The van der Waals surface area contributed by atoms with Crippen LogP contribution in [0.2, 0.25) is 0 Å². The lowest BCUT2D eigenvalue weighted by Gasteiger charge is -2.12. The average molecular weight is 415 g/mol. The molecule has 1 aliphatic rings. The zero-order valence-corrected chi connectivity index (χ0v) is 17.0. The summed E-state index contributed by atoms with van der Waals surface area (Å²) < 4.78 is 13.0. The van der Waals surface area contributed by atoms with Crippen LogP contribution in [0.3, 0.4) is 0 Å². The minimum atomic E-state index is -1.10. The number of aliphatic hydroxyl groups is 1. The van der Waals surface area contributed by atoms with Gasteiger partial charge < -0.3 is 21.5 Å². The second kappa shape index (κ2) is 10.4. The van der Waals surface area contributed by atoms with Crippen LogP contribution in [0.5, 0.6) is 0 Å². The predicted molar refractivity (Wildman–Crippen MR) is 115 cm³/mol. The predicted octanol–water partition coefficient (Wildman–Crippen LogP) is 2.12. The molecule has 1 aliphatic carbocycles. The number of amides is 1. The first-order chi connectivity index (χ1) is 14.2. The Labute approximate surface area is 174 Å².